The molecule has 0 aliphatic rings. The van der Waals surface area contributed by atoms with Crippen LogP contribution in [-0.4, -0.2) is 19.1 Å². The third-order valence-electron chi connectivity index (χ3n) is 3.35. The maximum Gasteiger partial charge on any atom is 0.387 e. The van der Waals surface area contributed by atoms with Gasteiger partial charge >= 0.3 is 6.61 Å². The first-order chi connectivity index (χ1) is 9.96. The van der Waals surface area contributed by atoms with Crippen molar-refractivity contribution < 1.29 is 18.3 Å². The highest BCUT2D eigenvalue weighted by Gasteiger charge is 2.14. The lowest BCUT2D eigenvalue weighted by molar-refractivity contribution is -0.122. The fourth-order valence-corrected chi connectivity index (χ4v) is 2.00. The zero-order valence-electron chi connectivity index (χ0n) is 12.3. The van der Waals surface area contributed by atoms with Gasteiger partial charge in [0.15, 0.2) is 0 Å². The monoisotopic (exact) mass is 300 g/mol. The van der Waals surface area contributed by atoms with Gasteiger partial charge in [-0.1, -0.05) is 25.5 Å². The minimum absolute atomic E-state index is 0.0805. The van der Waals surface area contributed by atoms with Crippen LogP contribution >= 0.6 is 0 Å². The topological polar surface area (TPSA) is 64.4 Å². The Morgan fingerprint density at radius 3 is 2.71 bits per heavy atom. The van der Waals surface area contributed by atoms with E-state index >= 15 is 0 Å². The number of nitrogens with two attached hydrogens (primary N) is 1. The average molecular weight is 300 g/mol. The fraction of sp³-hybridized carbons (Fsp3) is 0.533. The Morgan fingerprint density at radius 1 is 1.43 bits per heavy atom. The molecule has 21 heavy (non-hydrogen) atoms. The summed E-state index contributed by atoms with van der Waals surface area (Å²) >= 11 is 0. The first kappa shape index (κ1) is 17.4. The summed E-state index contributed by atoms with van der Waals surface area (Å²) in [6.45, 7) is 1.39. The largest absolute Gasteiger partial charge is 0.435 e. The van der Waals surface area contributed by atoms with Gasteiger partial charge in [0.25, 0.3) is 0 Å². The van der Waals surface area contributed by atoms with Crippen molar-refractivity contribution in [2.24, 2.45) is 11.7 Å². The van der Waals surface area contributed by atoms with E-state index in [1.165, 1.54) is 12.1 Å². The van der Waals surface area contributed by atoms with E-state index in [-0.39, 0.29) is 23.6 Å². The van der Waals surface area contributed by atoms with E-state index in [1.54, 1.807) is 19.1 Å². The minimum atomic E-state index is -2.86. The Kier molecular flexibility index (Phi) is 7.08. The molecule has 2 atom stereocenters. The van der Waals surface area contributed by atoms with Crippen LogP contribution in [0.4, 0.5) is 8.78 Å². The summed E-state index contributed by atoms with van der Waals surface area (Å²) in [6, 6.07) is 6.03. The molecule has 4 nitrogen and oxygen atoms in total. The van der Waals surface area contributed by atoms with Gasteiger partial charge in [0, 0.05) is 6.42 Å². The normalized spacial score (nSPS) is 13.8. The van der Waals surface area contributed by atoms with Crippen molar-refractivity contribution in [2.75, 3.05) is 6.54 Å². The van der Waals surface area contributed by atoms with Gasteiger partial charge < -0.3 is 15.8 Å². The molecule has 1 rings (SSSR count). The molecule has 0 spiro atoms. The van der Waals surface area contributed by atoms with Gasteiger partial charge in [0.05, 0.1) is 6.04 Å². The number of rotatable bonds is 8. The summed E-state index contributed by atoms with van der Waals surface area (Å²) in [5.41, 5.74) is 6.28. The summed E-state index contributed by atoms with van der Waals surface area (Å²) in [7, 11) is 0. The van der Waals surface area contributed by atoms with Crippen molar-refractivity contribution in [2.45, 2.75) is 39.3 Å². The molecule has 1 amide bonds. The lowest BCUT2D eigenvalue weighted by atomic mass is 10.0. The Balaban J connectivity index is 2.62. The maximum atomic E-state index is 12.2. The van der Waals surface area contributed by atoms with Gasteiger partial charge in [-0.3, -0.25) is 4.79 Å². The Labute approximate surface area is 123 Å². The van der Waals surface area contributed by atoms with Gasteiger partial charge in [0.2, 0.25) is 5.91 Å². The number of carbonyl (C=O) groups excluding carboxylic acids is 1. The van der Waals surface area contributed by atoms with Crippen molar-refractivity contribution in [1.29, 1.82) is 0 Å². The molecule has 0 aromatic heterocycles. The second-order valence-corrected chi connectivity index (χ2v) is 4.95. The zero-order chi connectivity index (χ0) is 15.8. The average Bonchev–Trinajstić information content (AvgIpc) is 2.44. The van der Waals surface area contributed by atoms with Crippen LogP contribution < -0.4 is 15.8 Å². The van der Waals surface area contributed by atoms with Crippen molar-refractivity contribution in [1.82, 2.24) is 5.32 Å². The summed E-state index contributed by atoms with van der Waals surface area (Å²) in [5.74, 6) is 0.141. The summed E-state index contributed by atoms with van der Waals surface area (Å²) in [6.07, 6.45) is 1.21. The van der Waals surface area contributed by atoms with Gasteiger partial charge in [-0.05, 0) is 37.1 Å². The lowest BCUT2D eigenvalue weighted by Crippen LogP contribution is -2.30. The van der Waals surface area contributed by atoms with Crippen molar-refractivity contribution >= 4 is 5.91 Å². The third-order valence-corrected chi connectivity index (χ3v) is 3.35. The van der Waals surface area contributed by atoms with Crippen molar-refractivity contribution in [3.8, 4) is 5.75 Å². The number of hydrogen-bond donors (Lipinski definition) is 2. The first-order valence-electron chi connectivity index (χ1n) is 7.00. The second-order valence-electron chi connectivity index (χ2n) is 4.95. The zero-order valence-corrected chi connectivity index (χ0v) is 12.3. The van der Waals surface area contributed by atoms with Crippen LogP contribution in [-0.2, 0) is 4.79 Å². The number of halogens is 2. The van der Waals surface area contributed by atoms with E-state index in [4.69, 9.17) is 5.73 Å². The quantitative estimate of drug-likeness (QED) is 0.776. The first-order valence-corrected chi connectivity index (χ1v) is 7.00. The third kappa shape index (κ3) is 6.08. The highest BCUT2D eigenvalue weighted by molar-refractivity contribution is 5.76. The van der Waals surface area contributed by atoms with Gasteiger partial charge in [-0.15, -0.1) is 0 Å². The van der Waals surface area contributed by atoms with Crippen LogP contribution in [0.25, 0.3) is 0 Å². The molecule has 118 valence electrons. The van der Waals surface area contributed by atoms with E-state index in [0.29, 0.717) is 18.5 Å². The van der Waals surface area contributed by atoms with E-state index in [1.807, 2.05) is 6.92 Å². The molecule has 0 heterocycles. The van der Waals surface area contributed by atoms with Gasteiger partial charge in [-0.25, -0.2) is 0 Å². The smallest absolute Gasteiger partial charge is 0.387 e. The summed E-state index contributed by atoms with van der Waals surface area (Å²) in [4.78, 5) is 11.9. The molecular formula is C15H22F2N2O2. The molecule has 0 aliphatic carbocycles. The Morgan fingerprint density at radius 2 is 2.14 bits per heavy atom. The molecule has 1 aromatic rings. The predicted molar refractivity (Wildman–Crippen MR) is 77.1 cm³/mol. The van der Waals surface area contributed by atoms with Gasteiger partial charge in [0.1, 0.15) is 5.75 Å². The number of ether oxygens (including phenoxy) is 1. The van der Waals surface area contributed by atoms with E-state index in [0.717, 1.165) is 6.42 Å². The molecule has 0 fully saturated rings. The second kappa shape index (κ2) is 8.56. The standard InChI is InChI=1S/C15H22F2N2O2/c1-3-11(9-18)7-14(20)19-10(2)12-5-4-6-13(8-12)21-15(16)17/h4-6,8,10-11,15H,3,7,9,18H2,1-2H3,(H,19,20). The minimum Gasteiger partial charge on any atom is -0.435 e. The maximum absolute atomic E-state index is 12.2. The Hall–Kier alpha value is -1.69. The summed E-state index contributed by atoms with van der Waals surface area (Å²) < 4.78 is 28.7. The van der Waals surface area contributed by atoms with Crippen LogP contribution in [0, 0.1) is 5.92 Å². The van der Waals surface area contributed by atoms with Crippen LogP contribution in [0.2, 0.25) is 0 Å². The molecule has 0 saturated heterocycles. The number of hydrogen-bond acceptors (Lipinski definition) is 3. The van der Waals surface area contributed by atoms with Crippen molar-refractivity contribution in [3.63, 3.8) is 0 Å². The highest BCUT2D eigenvalue weighted by atomic mass is 19.3. The lowest BCUT2D eigenvalue weighted by Gasteiger charge is -2.17. The van der Waals surface area contributed by atoms with Crippen LogP contribution in [0.15, 0.2) is 24.3 Å². The number of amides is 1. The molecule has 0 aliphatic heterocycles. The molecular weight excluding hydrogens is 278 g/mol. The number of benzene rings is 1. The fourth-order valence-electron chi connectivity index (χ4n) is 2.00. The SMILES string of the molecule is CCC(CN)CC(=O)NC(C)c1cccc(OC(F)F)c1. The van der Waals surface area contributed by atoms with Crippen LogP contribution in [0.1, 0.15) is 38.3 Å². The Bertz CT molecular complexity index is 451. The number of carbonyl (C=O) groups is 1. The van der Waals surface area contributed by atoms with E-state index in [2.05, 4.69) is 10.1 Å². The number of nitrogens with one attached hydrogen (secondary N) is 1. The molecule has 0 radical (unpaired) electrons. The van der Waals surface area contributed by atoms with Crippen molar-refractivity contribution in [3.05, 3.63) is 29.8 Å². The van der Waals surface area contributed by atoms with E-state index in [9.17, 15) is 13.6 Å². The molecule has 0 saturated carbocycles. The van der Waals surface area contributed by atoms with Crippen LogP contribution in [0.3, 0.4) is 0 Å². The molecule has 1 aromatic carbocycles. The molecule has 3 N–H and O–H groups in total. The highest BCUT2D eigenvalue weighted by Crippen LogP contribution is 2.21. The summed E-state index contributed by atoms with van der Waals surface area (Å²) in [5, 5.41) is 2.84. The predicted octanol–water partition coefficient (Wildman–Crippen LogP) is 2.84. The van der Waals surface area contributed by atoms with Crippen LogP contribution in [0.5, 0.6) is 5.75 Å². The molecule has 6 heteroatoms. The molecule has 2 unspecified atom stereocenters. The van der Waals surface area contributed by atoms with E-state index < -0.39 is 6.61 Å². The number of alkyl halides is 2. The molecule has 0 bridgehead atoms. The van der Waals surface area contributed by atoms with Gasteiger partial charge in [-0.2, -0.15) is 8.78 Å².